The summed E-state index contributed by atoms with van der Waals surface area (Å²) in [6, 6.07) is 15.1. The molecule has 1 aromatic heterocycles. The average Bonchev–Trinajstić information content (AvgIpc) is 3.20. The normalized spacial score (nSPS) is 10.6. The predicted molar refractivity (Wildman–Crippen MR) is 115 cm³/mol. The van der Waals surface area contributed by atoms with Crippen LogP contribution in [0.15, 0.2) is 60.0 Å². The van der Waals surface area contributed by atoms with Crippen LogP contribution in [0.1, 0.15) is 25.8 Å². The Kier molecular flexibility index (Phi) is 7.02. The highest BCUT2D eigenvalue weighted by Crippen LogP contribution is 2.23. The maximum atomic E-state index is 12.4. The first kappa shape index (κ1) is 20.6. The quantitative estimate of drug-likeness (QED) is 0.551. The molecule has 0 saturated heterocycles. The third-order valence-electron chi connectivity index (χ3n) is 4.23. The zero-order valence-corrected chi connectivity index (χ0v) is 17.2. The van der Waals surface area contributed by atoms with Crippen molar-refractivity contribution in [3.63, 3.8) is 0 Å². The lowest BCUT2D eigenvalue weighted by Crippen LogP contribution is -2.15. The number of rotatable bonds is 8. The number of para-hydroxylation sites is 1. The van der Waals surface area contributed by atoms with Crippen molar-refractivity contribution in [3.8, 4) is 5.69 Å². The Morgan fingerprint density at radius 1 is 1.00 bits per heavy atom. The van der Waals surface area contributed by atoms with Crippen molar-refractivity contribution in [2.24, 2.45) is 0 Å². The maximum Gasteiger partial charge on any atom is 0.234 e. The van der Waals surface area contributed by atoms with Gasteiger partial charge < -0.3 is 10.6 Å². The van der Waals surface area contributed by atoms with Crippen LogP contribution in [-0.2, 0) is 16.0 Å². The Balaban J connectivity index is 1.63. The molecule has 2 amide bonds. The topological polar surface area (TPSA) is 88.9 Å². The Morgan fingerprint density at radius 2 is 1.72 bits per heavy atom. The number of amides is 2. The summed E-state index contributed by atoms with van der Waals surface area (Å²) in [6.07, 6.45) is 2.95. The molecule has 0 saturated carbocycles. The van der Waals surface area contributed by atoms with E-state index in [1.807, 2.05) is 22.8 Å². The van der Waals surface area contributed by atoms with E-state index in [1.54, 1.807) is 37.5 Å². The molecule has 1 heterocycles. The molecule has 2 aromatic carbocycles. The molecule has 150 valence electrons. The summed E-state index contributed by atoms with van der Waals surface area (Å²) in [6.45, 7) is 3.89. The zero-order valence-electron chi connectivity index (χ0n) is 16.4. The molecular weight excluding hydrogens is 386 g/mol. The van der Waals surface area contributed by atoms with E-state index in [-0.39, 0.29) is 17.6 Å². The van der Waals surface area contributed by atoms with Crippen molar-refractivity contribution in [1.82, 2.24) is 14.8 Å². The van der Waals surface area contributed by atoms with Gasteiger partial charge in [0.05, 0.1) is 11.4 Å². The number of carbonyl (C=O) groups excluding carboxylic acids is 2. The lowest BCUT2D eigenvalue weighted by molar-refractivity contribution is -0.116. The van der Waals surface area contributed by atoms with Gasteiger partial charge in [0, 0.05) is 17.8 Å². The summed E-state index contributed by atoms with van der Waals surface area (Å²) in [4.78, 5) is 23.9. The molecule has 0 unspecified atom stereocenters. The summed E-state index contributed by atoms with van der Waals surface area (Å²) in [5.74, 6) is -0.0403. The molecular formula is C21H23N5O2S. The van der Waals surface area contributed by atoms with Gasteiger partial charge in [-0.2, -0.15) is 0 Å². The van der Waals surface area contributed by atoms with Crippen LogP contribution in [0.25, 0.3) is 5.69 Å². The number of nitrogens with one attached hydrogen (secondary N) is 2. The molecule has 0 aliphatic heterocycles. The lowest BCUT2D eigenvalue weighted by Gasteiger charge is -2.11. The van der Waals surface area contributed by atoms with Crippen LogP contribution in [0.3, 0.4) is 0 Å². The number of aryl methyl sites for hydroxylation is 1. The number of benzene rings is 2. The van der Waals surface area contributed by atoms with E-state index in [0.29, 0.717) is 23.0 Å². The zero-order chi connectivity index (χ0) is 20.6. The minimum Gasteiger partial charge on any atom is -0.326 e. The maximum absolute atomic E-state index is 12.4. The van der Waals surface area contributed by atoms with Gasteiger partial charge in [-0.05, 0) is 36.2 Å². The van der Waals surface area contributed by atoms with Crippen molar-refractivity contribution in [2.75, 3.05) is 16.4 Å². The Morgan fingerprint density at radius 3 is 2.45 bits per heavy atom. The van der Waals surface area contributed by atoms with E-state index in [9.17, 15) is 9.59 Å². The van der Waals surface area contributed by atoms with E-state index in [1.165, 1.54) is 17.3 Å². The Bertz CT molecular complexity index is 1000. The molecule has 0 fully saturated rings. The van der Waals surface area contributed by atoms with E-state index >= 15 is 0 Å². The smallest absolute Gasteiger partial charge is 0.234 e. The van der Waals surface area contributed by atoms with Gasteiger partial charge in [0.25, 0.3) is 0 Å². The summed E-state index contributed by atoms with van der Waals surface area (Å²) in [7, 11) is 0. The van der Waals surface area contributed by atoms with Crippen molar-refractivity contribution < 1.29 is 9.59 Å². The summed E-state index contributed by atoms with van der Waals surface area (Å²) < 4.78 is 1.90. The number of hydrogen-bond acceptors (Lipinski definition) is 5. The third kappa shape index (κ3) is 5.45. The fourth-order valence-corrected chi connectivity index (χ4v) is 3.51. The van der Waals surface area contributed by atoms with Gasteiger partial charge in [-0.3, -0.25) is 14.2 Å². The van der Waals surface area contributed by atoms with E-state index in [0.717, 1.165) is 12.1 Å². The van der Waals surface area contributed by atoms with Gasteiger partial charge in [-0.15, -0.1) is 10.2 Å². The summed E-state index contributed by atoms with van der Waals surface area (Å²) in [5, 5.41) is 14.4. The van der Waals surface area contributed by atoms with Crippen LogP contribution in [-0.4, -0.2) is 32.3 Å². The summed E-state index contributed by atoms with van der Waals surface area (Å²) >= 11 is 1.32. The molecule has 8 heteroatoms. The molecule has 0 aliphatic rings. The number of carbonyl (C=O) groups is 2. The fraction of sp³-hybridized carbons (Fsp3) is 0.238. The minimum atomic E-state index is -0.160. The largest absolute Gasteiger partial charge is 0.326 e. The molecule has 2 N–H and O–H groups in total. The lowest BCUT2D eigenvalue weighted by atomic mass is 10.1. The molecule has 0 bridgehead atoms. The average molecular weight is 410 g/mol. The molecule has 0 spiro atoms. The highest BCUT2D eigenvalue weighted by atomic mass is 32.2. The van der Waals surface area contributed by atoms with Crippen LogP contribution in [0.5, 0.6) is 0 Å². The van der Waals surface area contributed by atoms with Crippen molar-refractivity contribution in [3.05, 3.63) is 60.4 Å². The second-order valence-corrected chi connectivity index (χ2v) is 7.23. The van der Waals surface area contributed by atoms with Crippen LogP contribution < -0.4 is 10.6 Å². The Labute approximate surface area is 173 Å². The monoisotopic (exact) mass is 409 g/mol. The van der Waals surface area contributed by atoms with E-state index in [4.69, 9.17) is 0 Å². The van der Waals surface area contributed by atoms with Gasteiger partial charge in [0.2, 0.25) is 11.8 Å². The first-order chi connectivity index (χ1) is 14.1. The van der Waals surface area contributed by atoms with Crippen molar-refractivity contribution in [2.45, 2.75) is 31.8 Å². The van der Waals surface area contributed by atoms with Crippen LogP contribution in [0, 0.1) is 0 Å². The van der Waals surface area contributed by atoms with Crippen molar-refractivity contribution in [1.29, 1.82) is 0 Å². The second-order valence-electron chi connectivity index (χ2n) is 6.29. The van der Waals surface area contributed by atoms with Crippen molar-refractivity contribution >= 4 is 35.0 Å². The number of nitrogens with zero attached hydrogens (tertiary/aromatic N) is 3. The van der Waals surface area contributed by atoms with E-state index < -0.39 is 0 Å². The standard InChI is InChI=1S/C21H23N5O2S/c1-3-15-8-5-6-11-18(15)26-14-22-25-21(26)29-13-20(28)24-17-10-7-9-16(12-17)23-19(27)4-2/h5-12,14H,3-4,13H2,1-2H3,(H,23,27)(H,24,28). The van der Waals surface area contributed by atoms with Gasteiger partial charge in [0.15, 0.2) is 5.16 Å². The Hall–Kier alpha value is -3.13. The second kappa shape index (κ2) is 9.88. The third-order valence-corrected chi connectivity index (χ3v) is 5.18. The van der Waals surface area contributed by atoms with Gasteiger partial charge in [-0.25, -0.2) is 0 Å². The van der Waals surface area contributed by atoms with Gasteiger partial charge in [-0.1, -0.05) is 49.9 Å². The highest BCUT2D eigenvalue weighted by molar-refractivity contribution is 7.99. The number of thioether (sulfide) groups is 1. The van der Waals surface area contributed by atoms with Crippen LogP contribution >= 0.6 is 11.8 Å². The molecule has 0 radical (unpaired) electrons. The molecule has 29 heavy (non-hydrogen) atoms. The minimum absolute atomic E-state index is 0.0734. The molecule has 3 aromatic rings. The molecule has 3 rings (SSSR count). The number of aromatic nitrogens is 3. The molecule has 7 nitrogen and oxygen atoms in total. The molecule has 0 aliphatic carbocycles. The predicted octanol–water partition coefficient (Wildman–Crippen LogP) is 3.91. The van der Waals surface area contributed by atoms with E-state index in [2.05, 4.69) is 33.8 Å². The first-order valence-corrected chi connectivity index (χ1v) is 10.4. The van der Waals surface area contributed by atoms with Gasteiger partial charge in [0.1, 0.15) is 6.33 Å². The summed E-state index contributed by atoms with van der Waals surface area (Å²) in [5.41, 5.74) is 3.48. The van der Waals surface area contributed by atoms with Crippen LogP contribution in [0.2, 0.25) is 0 Å². The van der Waals surface area contributed by atoms with Crippen LogP contribution in [0.4, 0.5) is 11.4 Å². The fourth-order valence-electron chi connectivity index (χ4n) is 2.78. The number of anilines is 2. The number of hydrogen-bond donors (Lipinski definition) is 2. The highest BCUT2D eigenvalue weighted by Gasteiger charge is 2.12. The van der Waals surface area contributed by atoms with Gasteiger partial charge >= 0.3 is 0 Å². The SMILES string of the molecule is CCC(=O)Nc1cccc(NC(=O)CSc2nncn2-c2ccccc2CC)c1. The first-order valence-electron chi connectivity index (χ1n) is 9.41. The molecule has 0 atom stereocenters.